The van der Waals surface area contributed by atoms with E-state index in [1.807, 2.05) is 0 Å². The lowest BCUT2D eigenvalue weighted by Gasteiger charge is -2.14. The topological polar surface area (TPSA) is 70.7 Å². The standard InChI is InChI=1S/C6H14N4O/c1-4-9-10(7)6(11)5(2)8-3/h4-5,8H,7H2,1-3H3. The summed E-state index contributed by atoms with van der Waals surface area (Å²) in [7, 11) is 1.69. The lowest BCUT2D eigenvalue weighted by atomic mass is 10.3. The lowest BCUT2D eigenvalue weighted by Crippen LogP contribution is -2.44. The summed E-state index contributed by atoms with van der Waals surface area (Å²) >= 11 is 0. The van der Waals surface area contributed by atoms with E-state index in [-0.39, 0.29) is 11.9 Å². The van der Waals surface area contributed by atoms with Gasteiger partial charge in [0, 0.05) is 6.21 Å². The second-order valence-corrected chi connectivity index (χ2v) is 2.07. The molecule has 0 heterocycles. The zero-order valence-corrected chi connectivity index (χ0v) is 7.03. The number of carbonyl (C=O) groups is 1. The van der Waals surface area contributed by atoms with E-state index >= 15 is 0 Å². The molecule has 0 aliphatic carbocycles. The molecule has 0 rings (SSSR count). The molecule has 0 saturated carbocycles. The summed E-state index contributed by atoms with van der Waals surface area (Å²) in [6.07, 6.45) is 1.46. The number of rotatable bonds is 3. The van der Waals surface area contributed by atoms with Crippen molar-refractivity contribution in [2.24, 2.45) is 10.9 Å². The first-order chi connectivity index (χ1) is 5.13. The van der Waals surface area contributed by atoms with Crippen molar-refractivity contribution in [2.45, 2.75) is 19.9 Å². The number of hydrogen-bond donors (Lipinski definition) is 2. The molecular weight excluding hydrogens is 144 g/mol. The molecule has 0 aromatic carbocycles. The number of nitrogens with two attached hydrogens (primary N) is 1. The van der Waals surface area contributed by atoms with Gasteiger partial charge in [-0.3, -0.25) is 4.79 Å². The minimum absolute atomic E-state index is 0.259. The van der Waals surface area contributed by atoms with Crippen LogP contribution in [0.1, 0.15) is 13.8 Å². The summed E-state index contributed by atoms with van der Waals surface area (Å²) in [6.45, 7) is 3.41. The van der Waals surface area contributed by atoms with Gasteiger partial charge in [0.15, 0.2) is 0 Å². The van der Waals surface area contributed by atoms with Gasteiger partial charge in [0.1, 0.15) is 0 Å². The number of hydrogen-bond acceptors (Lipinski definition) is 4. The molecule has 0 aliphatic heterocycles. The number of hydrazone groups is 1. The minimum atomic E-state index is -0.302. The van der Waals surface area contributed by atoms with Gasteiger partial charge in [0.05, 0.1) is 6.04 Å². The monoisotopic (exact) mass is 158 g/mol. The Morgan fingerprint density at radius 1 is 1.82 bits per heavy atom. The Balaban J connectivity index is 4.01. The van der Waals surface area contributed by atoms with Crippen molar-refractivity contribution in [1.82, 2.24) is 10.4 Å². The average Bonchev–Trinajstić information content (AvgIpc) is 2.02. The molecule has 0 aromatic heterocycles. The van der Waals surface area contributed by atoms with Gasteiger partial charge in [-0.1, -0.05) is 0 Å². The highest BCUT2D eigenvalue weighted by molar-refractivity contribution is 5.81. The van der Waals surface area contributed by atoms with Crippen molar-refractivity contribution >= 4 is 12.1 Å². The molecule has 5 nitrogen and oxygen atoms in total. The van der Waals surface area contributed by atoms with Crippen molar-refractivity contribution in [3.63, 3.8) is 0 Å². The molecule has 1 atom stereocenters. The van der Waals surface area contributed by atoms with E-state index < -0.39 is 0 Å². The van der Waals surface area contributed by atoms with Gasteiger partial charge in [-0.15, -0.1) is 0 Å². The molecular formula is C6H14N4O. The highest BCUT2D eigenvalue weighted by Gasteiger charge is 2.14. The fourth-order valence-corrected chi connectivity index (χ4v) is 0.503. The van der Waals surface area contributed by atoms with E-state index in [9.17, 15) is 4.79 Å². The summed E-state index contributed by atoms with van der Waals surface area (Å²) in [6, 6.07) is -0.302. The number of nitrogens with zero attached hydrogens (tertiary/aromatic N) is 2. The molecule has 11 heavy (non-hydrogen) atoms. The summed E-state index contributed by atoms with van der Waals surface area (Å²) in [4.78, 5) is 11.1. The molecule has 1 amide bonds. The highest BCUT2D eigenvalue weighted by Crippen LogP contribution is 1.87. The van der Waals surface area contributed by atoms with E-state index in [2.05, 4.69) is 10.4 Å². The van der Waals surface area contributed by atoms with Gasteiger partial charge in [0.25, 0.3) is 5.91 Å². The van der Waals surface area contributed by atoms with Crippen LogP contribution in [-0.4, -0.2) is 30.3 Å². The zero-order chi connectivity index (χ0) is 8.85. The van der Waals surface area contributed by atoms with Gasteiger partial charge in [0.2, 0.25) is 0 Å². The Morgan fingerprint density at radius 2 is 2.36 bits per heavy atom. The van der Waals surface area contributed by atoms with Crippen LogP contribution in [-0.2, 0) is 4.79 Å². The predicted molar refractivity (Wildman–Crippen MR) is 43.7 cm³/mol. The molecule has 0 spiro atoms. The molecule has 0 fully saturated rings. The first-order valence-electron chi connectivity index (χ1n) is 3.38. The van der Waals surface area contributed by atoms with Crippen molar-refractivity contribution in [3.05, 3.63) is 0 Å². The molecule has 1 unspecified atom stereocenters. The van der Waals surface area contributed by atoms with Crippen molar-refractivity contribution in [2.75, 3.05) is 7.05 Å². The third kappa shape index (κ3) is 3.10. The Hall–Kier alpha value is -0.940. The van der Waals surface area contributed by atoms with E-state index in [0.717, 1.165) is 5.12 Å². The maximum Gasteiger partial charge on any atom is 0.274 e. The number of amides is 1. The number of nitrogens with one attached hydrogen (secondary N) is 1. The molecule has 0 saturated heterocycles. The van der Waals surface area contributed by atoms with Gasteiger partial charge >= 0.3 is 0 Å². The van der Waals surface area contributed by atoms with E-state index in [0.29, 0.717) is 0 Å². The molecule has 0 radical (unpaired) electrons. The molecule has 0 aromatic rings. The fourth-order valence-electron chi connectivity index (χ4n) is 0.503. The van der Waals surface area contributed by atoms with Crippen LogP contribution >= 0.6 is 0 Å². The summed E-state index contributed by atoms with van der Waals surface area (Å²) in [5, 5.41) is 7.17. The van der Waals surface area contributed by atoms with E-state index in [4.69, 9.17) is 5.84 Å². The first-order valence-corrected chi connectivity index (χ1v) is 3.38. The van der Waals surface area contributed by atoms with Crippen LogP contribution in [0.5, 0.6) is 0 Å². The van der Waals surface area contributed by atoms with Crippen LogP contribution in [0.4, 0.5) is 0 Å². The maximum atomic E-state index is 11.1. The van der Waals surface area contributed by atoms with Crippen LogP contribution in [0.25, 0.3) is 0 Å². The molecule has 0 aliphatic rings. The largest absolute Gasteiger partial charge is 0.309 e. The number of hydrazine groups is 1. The smallest absolute Gasteiger partial charge is 0.274 e. The molecule has 64 valence electrons. The van der Waals surface area contributed by atoms with Crippen LogP contribution in [0, 0.1) is 0 Å². The van der Waals surface area contributed by atoms with Crippen molar-refractivity contribution in [3.8, 4) is 0 Å². The summed E-state index contributed by atoms with van der Waals surface area (Å²) in [5.74, 6) is 4.99. The predicted octanol–water partition coefficient (Wildman–Crippen LogP) is -0.698. The second kappa shape index (κ2) is 4.81. The quantitative estimate of drug-likeness (QED) is 0.247. The second-order valence-electron chi connectivity index (χ2n) is 2.07. The van der Waals surface area contributed by atoms with Gasteiger partial charge < -0.3 is 5.32 Å². The summed E-state index contributed by atoms with van der Waals surface area (Å²) in [5.41, 5.74) is 0. The first kappa shape index (κ1) is 10.1. The van der Waals surface area contributed by atoms with E-state index in [1.165, 1.54) is 6.21 Å². The molecule has 5 heteroatoms. The lowest BCUT2D eigenvalue weighted by molar-refractivity contribution is -0.133. The van der Waals surface area contributed by atoms with Crippen LogP contribution in [0.3, 0.4) is 0 Å². The third-order valence-electron chi connectivity index (χ3n) is 1.27. The SMILES string of the molecule is CC=NN(N)C(=O)C(C)NC. The third-order valence-corrected chi connectivity index (χ3v) is 1.27. The van der Waals surface area contributed by atoms with Crippen LogP contribution in [0.15, 0.2) is 5.10 Å². The van der Waals surface area contributed by atoms with Crippen LogP contribution in [0.2, 0.25) is 0 Å². The van der Waals surface area contributed by atoms with Gasteiger partial charge in [-0.2, -0.15) is 10.2 Å². The molecule has 3 N–H and O–H groups in total. The Labute approximate surface area is 66.2 Å². The maximum absolute atomic E-state index is 11.1. The summed E-state index contributed by atoms with van der Waals surface area (Å²) < 4.78 is 0. The van der Waals surface area contributed by atoms with Crippen molar-refractivity contribution in [1.29, 1.82) is 0 Å². The normalized spacial score (nSPS) is 13.5. The average molecular weight is 158 g/mol. The van der Waals surface area contributed by atoms with Gasteiger partial charge in [-0.05, 0) is 20.9 Å². The minimum Gasteiger partial charge on any atom is -0.309 e. The number of carbonyl (C=O) groups excluding carboxylic acids is 1. The molecule has 0 bridgehead atoms. The Morgan fingerprint density at radius 3 is 2.73 bits per heavy atom. The Bertz CT molecular complexity index is 157. The highest BCUT2D eigenvalue weighted by atomic mass is 16.2. The van der Waals surface area contributed by atoms with E-state index in [1.54, 1.807) is 20.9 Å². The van der Waals surface area contributed by atoms with Gasteiger partial charge in [-0.25, -0.2) is 5.84 Å². The Kier molecular flexibility index (Phi) is 4.40. The van der Waals surface area contributed by atoms with Crippen LogP contribution < -0.4 is 11.2 Å². The fraction of sp³-hybridized carbons (Fsp3) is 0.667. The zero-order valence-electron chi connectivity index (χ0n) is 7.03. The number of likely N-dealkylation sites (N-methyl/N-ethyl adjacent to an activating group) is 1. The van der Waals surface area contributed by atoms with Crippen molar-refractivity contribution < 1.29 is 4.79 Å².